The molecule has 2 heterocycles. The molecule has 2 N–H and O–H groups in total. The number of carbonyl (C=O) groups excluding carboxylic acids is 1. The fraction of sp³-hybridized carbons (Fsp3) is 0.900. The Kier molecular flexibility index (Phi) is 2.74. The first kappa shape index (κ1) is 9.93. The van der Waals surface area contributed by atoms with Gasteiger partial charge in [0.15, 0.2) is 0 Å². The first-order valence-corrected chi connectivity index (χ1v) is 5.36. The highest BCUT2D eigenvalue weighted by Gasteiger charge is 2.35. The molecule has 0 spiro atoms. The molecule has 3 atom stereocenters. The number of rotatable bonds is 1. The van der Waals surface area contributed by atoms with Crippen LogP contribution in [0.2, 0.25) is 0 Å². The van der Waals surface area contributed by atoms with Crippen molar-refractivity contribution in [1.82, 2.24) is 4.90 Å². The van der Waals surface area contributed by atoms with E-state index in [1.807, 2.05) is 4.90 Å². The number of ether oxygens (including phenoxy) is 1. The van der Waals surface area contributed by atoms with E-state index in [0.717, 1.165) is 32.4 Å². The summed E-state index contributed by atoms with van der Waals surface area (Å²) in [7, 11) is 0. The Bertz CT molecular complexity index is 232. The maximum Gasteiger partial charge on any atom is 0.239 e. The number of hydrogen-bond donors (Lipinski definition) is 1. The molecule has 80 valence electrons. The number of carbonyl (C=O) groups is 1. The molecule has 1 amide bonds. The Hall–Kier alpha value is -0.610. The summed E-state index contributed by atoms with van der Waals surface area (Å²) < 4.78 is 5.46. The second-order valence-corrected chi connectivity index (χ2v) is 4.29. The molecular weight excluding hydrogens is 180 g/mol. The summed E-state index contributed by atoms with van der Waals surface area (Å²) in [4.78, 5) is 13.6. The van der Waals surface area contributed by atoms with E-state index in [1.54, 1.807) is 0 Å². The molecule has 2 aliphatic rings. The second kappa shape index (κ2) is 3.87. The number of hydrogen-bond acceptors (Lipinski definition) is 3. The number of nitrogens with two attached hydrogens (primary N) is 1. The van der Waals surface area contributed by atoms with Gasteiger partial charge in [-0.25, -0.2) is 0 Å². The van der Waals surface area contributed by atoms with Crippen LogP contribution in [0.25, 0.3) is 0 Å². The van der Waals surface area contributed by atoms with Gasteiger partial charge in [-0.2, -0.15) is 0 Å². The van der Waals surface area contributed by atoms with Crippen molar-refractivity contribution in [2.75, 3.05) is 13.2 Å². The molecule has 0 aromatic heterocycles. The van der Waals surface area contributed by atoms with Crippen molar-refractivity contribution in [2.24, 2.45) is 5.73 Å². The quantitative estimate of drug-likeness (QED) is 0.651. The van der Waals surface area contributed by atoms with Gasteiger partial charge < -0.3 is 15.4 Å². The summed E-state index contributed by atoms with van der Waals surface area (Å²) in [6, 6.07) is 0.105. The van der Waals surface area contributed by atoms with Crippen LogP contribution in [0.1, 0.15) is 26.2 Å². The van der Waals surface area contributed by atoms with Gasteiger partial charge in [0.2, 0.25) is 5.91 Å². The number of likely N-dealkylation sites (tertiary alicyclic amines) is 1. The van der Waals surface area contributed by atoms with Crippen molar-refractivity contribution >= 4 is 5.91 Å². The van der Waals surface area contributed by atoms with E-state index in [0.29, 0.717) is 6.04 Å². The van der Waals surface area contributed by atoms with Crippen molar-refractivity contribution in [1.29, 1.82) is 0 Å². The van der Waals surface area contributed by atoms with E-state index in [9.17, 15) is 4.79 Å². The van der Waals surface area contributed by atoms with Crippen LogP contribution in [-0.4, -0.2) is 42.1 Å². The highest BCUT2D eigenvalue weighted by Crippen LogP contribution is 2.23. The van der Waals surface area contributed by atoms with Gasteiger partial charge in [0.25, 0.3) is 0 Å². The van der Waals surface area contributed by atoms with E-state index >= 15 is 0 Å². The Morgan fingerprint density at radius 2 is 2.29 bits per heavy atom. The molecule has 4 nitrogen and oxygen atoms in total. The molecule has 14 heavy (non-hydrogen) atoms. The van der Waals surface area contributed by atoms with Gasteiger partial charge in [-0.3, -0.25) is 4.79 Å². The highest BCUT2D eigenvalue weighted by atomic mass is 16.5. The average Bonchev–Trinajstić information content (AvgIpc) is 2.48. The summed E-state index contributed by atoms with van der Waals surface area (Å²) in [5.74, 6) is 0.129. The van der Waals surface area contributed by atoms with Crippen LogP contribution < -0.4 is 5.73 Å². The largest absolute Gasteiger partial charge is 0.378 e. The molecular formula is C10H18N2O2. The first-order chi connectivity index (χ1) is 6.68. The minimum Gasteiger partial charge on any atom is -0.378 e. The Morgan fingerprint density at radius 3 is 2.86 bits per heavy atom. The van der Waals surface area contributed by atoms with Gasteiger partial charge in [-0.05, 0) is 26.2 Å². The topological polar surface area (TPSA) is 55.6 Å². The predicted molar refractivity (Wildman–Crippen MR) is 52.7 cm³/mol. The maximum absolute atomic E-state index is 11.7. The molecule has 2 rings (SSSR count). The lowest BCUT2D eigenvalue weighted by Gasteiger charge is -2.34. The molecule has 2 saturated heterocycles. The summed E-state index contributed by atoms with van der Waals surface area (Å²) in [6.07, 6.45) is 3.00. The van der Waals surface area contributed by atoms with Crippen molar-refractivity contribution < 1.29 is 9.53 Å². The van der Waals surface area contributed by atoms with Crippen molar-refractivity contribution in [2.45, 2.75) is 44.4 Å². The monoisotopic (exact) mass is 198 g/mol. The molecule has 4 heteroatoms. The Morgan fingerprint density at radius 1 is 1.50 bits per heavy atom. The third-order valence-corrected chi connectivity index (χ3v) is 3.18. The summed E-state index contributed by atoms with van der Waals surface area (Å²) in [5.41, 5.74) is 5.69. The van der Waals surface area contributed by atoms with Gasteiger partial charge in [0.1, 0.15) is 0 Å². The molecule has 0 aromatic rings. The van der Waals surface area contributed by atoms with E-state index in [1.165, 1.54) is 0 Å². The van der Waals surface area contributed by atoms with Gasteiger partial charge in [-0.1, -0.05) is 0 Å². The van der Waals surface area contributed by atoms with Gasteiger partial charge in [0, 0.05) is 19.2 Å². The van der Waals surface area contributed by atoms with E-state index < -0.39 is 0 Å². The molecule has 2 aliphatic heterocycles. The van der Waals surface area contributed by atoms with Crippen LogP contribution >= 0.6 is 0 Å². The normalized spacial score (nSPS) is 39.1. The first-order valence-electron chi connectivity index (χ1n) is 5.36. The smallest absolute Gasteiger partial charge is 0.239 e. The summed E-state index contributed by atoms with van der Waals surface area (Å²) in [6.45, 7) is 3.66. The number of nitrogens with zero attached hydrogens (tertiary/aromatic N) is 1. The summed E-state index contributed by atoms with van der Waals surface area (Å²) >= 11 is 0. The molecule has 3 unspecified atom stereocenters. The van der Waals surface area contributed by atoms with Crippen LogP contribution in [0, 0.1) is 0 Å². The van der Waals surface area contributed by atoms with E-state index in [-0.39, 0.29) is 18.1 Å². The average molecular weight is 198 g/mol. The lowest BCUT2D eigenvalue weighted by molar-refractivity contribution is -0.133. The Labute approximate surface area is 84.4 Å². The van der Waals surface area contributed by atoms with Crippen LogP contribution in [-0.2, 0) is 9.53 Å². The lowest BCUT2D eigenvalue weighted by Crippen LogP contribution is -2.45. The highest BCUT2D eigenvalue weighted by molar-refractivity contribution is 5.84. The van der Waals surface area contributed by atoms with Crippen LogP contribution in [0.15, 0.2) is 0 Å². The molecule has 0 bridgehead atoms. The zero-order chi connectivity index (χ0) is 10.1. The molecule has 0 aliphatic carbocycles. The summed E-state index contributed by atoms with van der Waals surface area (Å²) in [5, 5.41) is 0. The third-order valence-electron chi connectivity index (χ3n) is 3.18. The minimum atomic E-state index is -0.256. The zero-order valence-electron chi connectivity index (χ0n) is 8.61. The van der Waals surface area contributed by atoms with Gasteiger partial charge in [-0.15, -0.1) is 0 Å². The zero-order valence-corrected chi connectivity index (χ0v) is 8.61. The van der Waals surface area contributed by atoms with Crippen LogP contribution in [0.5, 0.6) is 0 Å². The van der Waals surface area contributed by atoms with Gasteiger partial charge >= 0.3 is 0 Å². The van der Waals surface area contributed by atoms with Crippen molar-refractivity contribution in [3.63, 3.8) is 0 Å². The molecule has 2 fully saturated rings. The van der Waals surface area contributed by atoms with E-state index in [4.69, 9.17) is 10.5 Å². The van der Waals surface area contributed by atoms with E-state index in [2.05, 4.69) is 6.92 Å². The fourth-order valence-electron chi connectivity index (χ4n) is 2.34. The fourth-order valence-corrected chi connectivity index (χ4v) is 2.34. The standard InChI is InChI=1S/C10H18N2O2/c1-7-6-8(3-5-14-7)12-4-2-9(11)10(12)13/h7-9H,2-6,11H2,1H3. The van der Waals surface area contributed by atoms with Crippen LogP contribution in [0.4, 0.5) is 0 Å². The lowest BCUT2D eigenvalue weighted by atomic mass is 10.0. The molecule has 0 aromatic carbocycles. The van der Waals surface area contributed by atoms with Gasteiger partial charge in [0.05, 0.1) is 12.1 Å². The second-order valence-electron chi connectivity index (χ2n) is 4.29. The number of amides is 1. The Balaban J connectivity index is 1.97. The molecule has 0 saturated carbocycles. The van der Waals surface area contributed by atoms with Crippen molar-refractivity contribution in [3.8, 4) is 0 Å². The SMILES string of the molecule is CC1CC(N2CCC(N)C2=O)CCO1. The van der Waals surface area contributed by atoms with Crippen LogP contribution in [0.3, 0.4) is 0 Å². The third kappa shape index (κ3) is 1.77. The predicted octanol–water partition coefficient (Wildman–Crippen LogP) is 0.113. The minimum absolute atomic E-state index is 0.129. The van der Waals surface area contributed by atoms with Crippen molar-refractivity contribution in [3.05, 3.63) is 0 Å². The maximum atomic E-state index is 11.7. The molecule has 0 radical (unpaired) electrons.